The molecule has 2 nitrogen and oxygen atoms in total. The fourth-order valence-corrected chi connectivity index (χ4v) is 8.58. The van der Waals surface area contributed by atoms with Crippen LogP contribution in [0.25, 0.3) is 78.0 Å². The number of para-hydroxylation sites is 1. The van der Waals surface area contributed by atoms with E-state index >= 15 is 0 Å². The van der Waals surface area contributed by atoms with Gasteiger partial charge < -0.3 is 9.32 Å². The van der Waals surface area contributed by atoms with Crippen molar-refractivity contribution >= 4 is 56.0 Å². The molecule has 0 saturated heterocycles. The highest BCUT2D eigenvalue weighted by Crippen LogP contribution is 2.52. The molecule has 2 heteroatoms. The maximum atomic E-state index is 6.40. The van der Waals surface area contributed by atoms with Gasteiger partial charge in [-0.1, -0.05) is 115 Å². The first-order chi connectivity index (χ1) is 22.8. The van der Waals surface area contributed by atoms with Gasteiger partial charge in [-0.05, 0) is 96.9 Å². The zero-order valence-corrected chi connectivity index (χ0v) is 24.9. The van der Waals surface area contributed by atoms with Gasteiger partial charge >= 0.3 is 0 Å². The molecule has 0 N–H and O–H groups in total. The number of hydrogen-bond acceptors (Lipinski definition) is 2. The molecule has 2 atom stereocenters. The van der Waals surface area contributed by atoms with E-state index in [1.165, 1.54) is 82.5 Å². The number of anilines is 2. The Hall–Kier alpha value is -5.86. The van der Waals surface area contributed by atoms with Crippen LogP contribution in [0.2, 0.25) is 0 Å². The predicted octanol–water partition coefficient (Wildman–Crippen LogP) is 9.93. The summed E-state index contributed by atoms with van der Waals surface area (Å²) in [5.41, 5.74) is 13.6. The minimum absolute atomic E-state index is 0.149. The van der Waals surface area contributed by atoms with E-state index in [1.807, 2.05) is 0 Å². The molecule has 46 heavy (non-hydrogen) atoms. The minimum Gasteiger partial charge on any atom is -0.456 e. The maximum absolute atomic E-state index is 6.40. The molecule has 11 rings (SSSR count). The lowest BCUT2D eigenvalue weighted by Crippen LogP contribution is -2.36. The van der Waals surface area contributed by atoms with Crippen LogP contribution < -0.4 is 15.5 Å². The largest absolute Gasteiger partial charge is 0.456 e. The molecule has 1 aliphatic heterocycles. The average Bonchev–Trinajstić information content (AvgIpc) is 3.76. The van der Waals surface area contributed by atoms with Crippen molar-refractivity contribution in [3.63, 3.8) is 0 Å². The van der Waals surface area contributed by atoms with E-state index in [2.05, 4.69) is 157 Å². The minimum atomic E-state index is 0.149. The summed E-state index contributed by atoms with van der Waals surface area (Å²) in [5, 5.41) is 7.64. The van der Waals surface area contributed by atoms with E-state index in [9.17, 15) is 0 Å². The molecule has 0 fully saturated rings. The van der Waals surface area contributed by atoms with E-state index < -0.39 is 0 Å². The zero-order chi connectivity index (χ0) is 29.9. The van der Waals surface area contributed by atoms with Crippen molar-refractivity contribution in [3.8, 4) is 33.4 Å². The molecule has 7 aromatic carbocycles. The number of benzene rings is 7. The van der Waals surface area contributed by atoms with Crippen molar-refractivity contribution in [2.24, 2.45) is 0 Å². The monoisotopic (exact) mass is 585 g/mol. The highest BCUT2D eigenvalue weighted by Gasteiger charge is 2.40. The van der Waals surface area contributed by atoms with Crippen molar-refractivity contribution < 1.29 is 4.42 Å². The summed E-state index contributed by atoms with van der Waals surface area (Å²) >= 11 is 0. The molecule has 2 heterocycles. The van der Waals surface area contributed by atoms with Gasteiger partial charge in [0.15, 0.2) is 0 Å². The van der Waals surface area contributed by atoms with Crippen molar-refractivity contribution in [1.29, 1.82) is 0 Å². The van der Waals surface area contributed by atoms with E-state index in [0.717, 1.165) is 11.0 Å². The molecule has 214 valence electrons. The lowest BCUT2D eigenvalue weighted by molar-refractivity contribution is 0.567. The molecule has 0 spiro atoms. The smallest absolute Gasteiger partial charge is 0.135 e. The molecule has 2 unspecified atom stereocenters. The van der Waals surface area contributed by atoms with E-state index in [-0.39, 0.29) is 12.0 Å². The first-order valence-corrected chi connectivity index (χ1v) is 16.1. The Labute approximate surface area is 265 Å². The van der Waals surface area contributed by atoms with Crippen LogP contribution in [0.1, 0.15) is 11.5 Å². The second kappa shape index (κ2) is 8.87. The van der Waals surface area contributed by atoms with Gasteiger partial charge in [-0.3, -0.25) is 0 Å². The average molecular weight is 586 g/mol. The van der Waals surface area contributed by atoms with E-state index in [0.29, 0.717) is 0 Å². The van der Waals surface area contributed by atoms with Gasteiger partial charge in [0, 0.05) is 27.9 Å². The van der Waals surface area contributed by atoms with Crippen molar-refractivity contribution in [1.82, 2.24) is 0 Å². The Morgan fingerprint density at radius 2 is 1.20 bits per heavy atom. The third kappa shape index (κ3) is 3.15. The summed E-state index contributed by atoms with van der Waals surface area (Å²) in [5.74, 6) is 0.187. The van der Waals surface area contributed by atoms with Crippen LogP contribution in [0, 0.1) is 0 Å². The molecule has 1 aromatic heterocycles. The summed E-state index contributed by atoms with van der Waals surface area (Å²) in [6, 6.07) is 51.3. The van der Waals surface area contributed by atoms with Crippen molar-refractivity contribution in [3.05, 3.63) is 156 Å². The van der Waals surface area contributed by atoms with Crippen LogP contribution in [0.5, 0.6) is 0 Å². The molecule has 0 saturated carbocycles. The second-order valence-corrected chi connectivity index (χ2v) is 12.8. The van der Waals surface area contributed by atoms with Gasteiger partial charge in [-0.2, -0.15) is 0 Å². The summed E-state index contributed by atoms with van der Waals surface area (Å²) in [6.45, 7) is 0. The van der Waals surface area contributed by atoms with Crippen LogP contribution >= 0.6 is 0 Å². The summed E-state index contributed by atoms with van der Waals surface area (Å²) in [7, 11) is 0. The fraction of sp³-hybridized carbons (Fsp3) is 0.0455. The van der Waals surface area contributed by atoms with Crippen molar-refractivity contribution in [2.45, 2.75) is 12.0 Å². The molecular weight excluding hydrogens is 558 g/mol. The lowest BCUT2D eigenvalue weighted by Gasteiger charge is -2.28. The van der Waals surface area contributed by atoms with Crippen molar-refractivity contribution in [2.75, 3.05) is 4.90 Å². The quantitative estimate of drug-likeness (QED) is 0.201. The molecule has 2 aliphatic carbocycles. The van der Waals surface area contributed by atoms with Crippen LogP contribution in [0.4, 0.5) is 11.4 Å². The van der Waals surface area contributed by atoms with Gasteiger partial charge in [-0.25, -0.2) is 0 Å². The number of nitrogens with zero attached hydrogens (tertiary/aromatic N) is 1. The standard InChI is InChI=1S/C44H27NO/c1-2-9-30-26(8-1)18-23-39-44(30)38-25-42-37(33-12-5-6-15-41(33)46-42)24-40(38)45(39)28-19-16-27(17-20-28)29-21-22-36-32-11-4-3-10-31(32)35-14-7-13-34(29)43(35)36/h1-25,38,40H. The van der Waals surface area contributed by atoms with Crippen LogP contribution in [0.15, 0.2) is 144 Å². The highest BCUT2D eigenvalue weighted by atomic mass is 16.3. The topological polar surface area (TPSA) is 16.4 Å². The third-order valence-corrected chi connectivity index (χ3v) is 10.5. The molecule has 8 aromatic rings. The molecule has 3 aliphatic rings. The van der Waals surface area contributed by atoms with Crippen LogP contribution in [0.3, 0.4) is 0 Å². The highest BCUT2D eigenvalue weighted by molar-refractivity contribution is 6.18. The Morgan fingerprint density at radius 3 is 2.07 bits per heavy atom. The Balaban J connectivity index is 1.08. The molecule has 0 radical (unpaired) electrons. The van der Waals surface area contributed by atoms with Gasteiger partial charge in [0.25, 0.3) is 0 Å². The predicted molar refractivity (Wildman–Crippen MR) is 191 cm³/mol. The summed E-state index contributed by atoms with van der Waals surface area (Å²) < 4.78 is 6.40. The van der Waals surface area contributed by atoms with E-state index in [4.69, 9.17) is 4.42 Å². The third-order valence-electron chi connectivity index (χ3n) is 10.5. The van der Waals surface area contributed by atoms with Gasteiger partial charge in [0.05, 0.1) is 6.04 Å². The normalized spacial score (nSPS) is 17.0. The number of rotatable bonds is 2. The summed E-state index contributed by atoms with van der Waals surface area (Å²) in [4.78, 5) is 2.54. The fourth-order valence-electron chi connectivity index (χ4n) is 8.58. The van der Waals surface area contributed by atoms with Crippen LogP contribution in [-0.2, 0) is 0 Å². The van der Waals surface area contributed by atoms with Gasteiger partial charge in [0.2, 0.25) is 0 Å². The van der Waals surface area contributed by atoms with Gasteiger partial charge in [0.1, 0.15) is 11.0 Å². The maximum Gasteiger partial charge on any atom is 0.135 e. The first kappa shape index (κ1) is 24.5. The second-order valence-electron chi connectivity index (χ2n) is 12.8. The zero-order valence-electron chi connectivity index (χ0n) is 24.9. The summed E-state index contributed by atoms with van der Waals surface area (Å²) in [6.07, 6.45) is 4.81. The first-order valence-electron chi connectivity index (χ1n) is 16.1. The Morgan fingerprint density at radius 1 is 0.500 bits per heavy atom. The SMILES string of the molecule is C1=c2oc3ccccc3c2=CC2C1c1c(ccc3ccccc13)N2c1ccc(-c2ccc3c4c(cccc24)-c2ccccc2-3)cc1. The number of furan rings is 1. The Bertz CT molecular complexity index is 2680. The number of fused-ring (bicyclic) bond motifs is 11. The molecule has 0 bridgehead atoms. The lowest BCUT2D eigenvalue weighted by atomic mass is 9.88. The molecule has 0 amide bonds. The van der Waals surface area contributed by atoms with E-state index in [1.54, 1.807) is 0 Å². The van der Waals surface area contributed by atoms with Gasteiger partial charge in [-0.15, -0.1) is 0 Å². The number of hydrogen-bond donors (Lipinski definition) is 0. The molecular formula is C44H27NO. The van der Waals surface area contributed by atoms with Crippen LogP contribution in [-0.4, -0.2) is 6.04 Å². The Kier molecular flexibility index (Phi) is 4.71.